The predicted molar refractivity (Wildman–Crippen MR) is 303 cm³/mol. The van der Waals surface area contributed by atoms with Gasteiger partial charge in [0.05, 0.1) is 54.8 Å². The number of aromatic nitrogens is 5. The van der Waals surface area contributed by atoms with Gasteiger partial charge in [0.15, 0.2) is 6.29 Å². The molecule has 17 atom stereocenters. The fourth-order valence-corrected chi connectivity index (χ4v) is 13.4. The van der Waals surface area contributed by atoms with Gasteiger partial charge in [-0.1, -0.05) is 81.6 Å². The van der Waals surface area contributed by atoms with Crippen LogP contribution in [0.25, 0.3) is 11.3 Å². The Kier molecular flexibility index (Phi) is 21.7. The normalized spacial score (nSPS) is 34.8. The SMILES string of the molecule is CC[C@H]1OC(=O)[C@H](C)C([C@H]2C[C@@](C)(OC)[C@@H](O)[C@H](C)O2)[C@H](C)[C@@H](O[C@H]2C[C@@H](N(C)CCc3cn(C(COCc4ccccc4)COc4ccc(-c5csnn5)cc4)nn3)C[C@@H](C)O2)C(C)(C)C[C@@H](C)CN(C)[C@H](C)[C@@H](O)[C@]1(C)O. The molecular weight excluding hydrogens is 1030 g/mol. The van der Waals surface area contributed by atoms with Crippen LogP contribution in [-0.4, -0.2) is 175 Å². The summed E-state index contributed by atoms with van der Waals surface area (Å²) in [5, 5.41) is 50.6. The van der Waals surface area contributed by atoms with Gasteiger partial charge in [-0.15, -0.1) is 10.2 Å². The van der Waals surface area contributed by atoms with Crippen LogP contribution in [0, 0.1) is 29.1 Å². The minimum atomic E-state index is -1.74. The van der Waals surface area contributed by atoms with Crippen molar-refractivity contribution in [2.45, 2.75) is 200 Å². The van der Waals surface area contributed by atoms with E-state index in [9.17, 15) is 20.1 Å². The van der Waals surface area contributed by atoms with Crippen LogP contribution in [0.3, 0.4) is 0 Å². The van der Waals surface area contributed by atoms with Gasteiger partial charge in [-0.25, -0.2) is 4.68 Å². The minimum absolute atomic E-state index is 0.111. The van der Waals surface area contributed by atoms with E-state index in [0.717, 1.165) is 41.1 Å². The lowest BCUT2D eigenvalue weighted by atomic mass is 9.65. The second-order valence-corrected chi connectivity index (χ2v) is 25.1. The lowest BCUT2D eigenvalue weighted by molar-refractivity contribution is -0.265. The van der Waals surface area contributed by atoms with Gasteiger partial charge < -0.3 is 58.3 Å². The van der Waals surface area contributed by atoms with Crippen LogP contribution >= 0.6 is 11.5 Å². The molecule has 3 aliphatic heterocycles. The first kappa shape index (κ1) is 62.6. The molecule has 0 aliphatic carbocycles. The highest BCUT2D eigenvalue weighted by Crippen LogP contribution is 2.47. The Balaban J connectivity index is 1.10. The first-order chi connectivity index (χ1) is 37.4. The molecule has 440 valence electrons. The number of carbonyl (C=O) groups is 1. The minimum Gasteiger partial charge on any atom is -0.491 e. The van der Waals surface area contributed by atoms with E-state index < -0.39 is 83.4 Å². The molecule has 79 heavy (non-hydrogen) atoms. The monoisotopic (exact) mass is 1120 g/mol. The van der Waals surface area contributed by atoms with Gasteiger partial charge in [0.1, 0.15) is 48.0 Å². The Bertz CT molecular complexity index is 2470. The maximum Gasteiger partial charge on any atom is 0.309 e. The fourth-order valence-electron chi connectivity index (χ4n) is 12.9. The second-order valence-electron chi connectivity index (χ2n) is 24.5. The number of ether oxygens (including phenoxy) is 7. The highest BCUT2D eigenvalue weighted by atomic mass is 32.1. The van der Waals surface area contributed by atoms with Gasteiger partial charge in [0, 0.05) is 74.6 Å². The van der Waals surface area contributed by atoms with E-state index in [-0.39, 0.29) is 36.4 Å². The summed E-state index contributed by atoms with van der Waals surface area (Å²) >= 11 is 1.32. The van der Waals surface area contributed by atoms with Crippen molar-refractivity contribution < 1.29 is 53.3 Å². The smallest absolute Gasteiger partial charge is 0.309 e. The molecule has 0 spiro atoms. The van der Waals surface area contributed by atoms with Gasteiger partial charge in [0.2, 0.25) is 0 Å². The summed E-state index contributed by atoms with van der Waals surface area (Å²) in [5.74, 6) is -1.22. The summed E-state index contributed by atoms with van der Waals surface area (Å²) < 4.78 is 51.7. The van der Waals surface area contributed by atoms with Gasteiger partial charge in [-0.05, 0) is 127 Å². The van der Waals surface area contributed by atoms with Crippen molar-refractivity contribution in [2.24, 2.45) is 29.1 Å². The number of carbonyl (C=O) groups excluding carboxylic acids is 1. The molecular formula is C60H93N7O11S. The number of hydrogen-bond donors (Lipinski definition) is 3. The summed E-state index contributed by atoms with van der Waals surface area (Å²) in [6.45, 7) is 24.3. The molecule has 3 fully saturated rings. The van der Waals surface area contributed by atoms with Gasteiger partial charge in [0.25, 0.3) is 0 Å². The summed E-state index contributed by atoms with van der Waals surface area (Å²) in [6.07, 6.45) is 0.0230. The molecule has 4 aromatic rings. The highest BCUT2D eigenvalue weighted by Gasteiger charge is 2.54. The lowest BCUT2D eigenvalue weighted by Gasteiger charge is -2.51. The second kappa shape index (κ2) is 27.4. The first-order valence-corrected chi connectivity index (χ1v) is 29.5. The average molecular weight is 1120 g/mol. The quantitative estimate of drug-likeness (QED) is 0.0807. The molecule has 0 amide bonds. The third kappa shape index (κ3) is 15.6. The third-order valence-corrected chi connectivity index (χ3v) is 18.2. The first-order valence-electron chi connectivity index (χ1n) is 28.7. The molecule has 0 saturated carbocycles. The number of nitrogens with zero attached hydrogens (tertiary/aromatic N) is 7. The van der Waals surface area contributed by atoms with E-state index in [2.05, 4.69) is 71.4 Å². The average Bonchev–Trinajstić information content (AvgIpc) is 4.25. The molecule has 3 saturated heterocycles. The Labute approximate surface area is 473 Å². The molecule has 3 N–H and O–H groups in total. The third-order valence-electron chi connectivity index (χ3n) is 17.7. The largest absolute Gasteiger partial charge is 0.491 e. The summed E-state index contributed by atoms with van der Waals surface area (Å²) in [7, 11) is 5.71. The highest BCUT2D eigenvalue weighted by molar-refractivity contribution is 7.03. The summed E-state index contributed by atoms with van der Waals surface area (Å²) in [6, 6.07) is 17.3. The van der Waals surface area contributed by atoms with Crippen molar-refractivity contribution in [3.8, 4) is 17.0 Å². The van der Waals surface area contributed by atoms with E-state index in [1.807, 2.05) is 113 Å². The summed E-state index contributed by atoms with van der Waals surface area (Å²) in [4.78, 5) is 19.2. The number of aliphatic hydroxyl groups is 3. The van der Waals surface area contributed by atoms with E-state index >= 15 is 0 Å². The number of benzene rings is 2. The summed E-state index contributed by atoms with van der Waals surface area (Å²) in [5.41, 5.74) is 0.549. The van der Waals surface area contributed by atoms with Crippen LogP contribution < -0.4 is 4.74 Å². The lowest BCUT2D eigenvalue weighted by Crippen LogP contribution is -2.60. The number of likely N-dealkylation sites (N-methyl/N-ethyl adjacent to an activating group) is 2. The molecule has 5 heterocycles. The molecule has 0 radical (unpaired) electrons. The standard InChI is InChI=1S/C60H93N7O11S/c1-15-51-60(11,71)54(68)41(6)66(13)31-37(2)29-58(8,9)56(39(4)53(40(5)57(70)77-51)50-30-59(10,72-14)55(69)42(7)76-50)78-52-28-46(27-38(3)75-52)65(12)26-25-45-32-67(63-61-45)47(34-73-33-43-19-17-16-18-20-43)35-74-48-23-21-44(22-24-48)49-36-79-64-62-49/h16-24,32,36-42,46-47,50-56,68-69,71H,15,25-31,33-35H2,1-14H3/t37-,38-,39+,40-,41-,42+,46+,47?,50-,51-,52+,53?,54-,55+,56-,59-,60-/m1/s1. The van der Waals surface area contributed by atoms with Crippen LogP contribution in [0.5, 0.6) is 5.75 Å². The molecule has 2 unspecified atom stereocenters. The van der Waals surface area contributed by atoms with Crippen LogP contribution in [0.2, 0.25) is 0 Å². The van der Waals surface area contributed by atoms with Crippen LogP contribution in [0.1, 0.15) is 126 Å². The zero-order valence-electron chi connectivity index (χ0n) is 49.4. The number of rotatable bonds is 18. The van der Waals surface area contributed by atoms with Gasteiger partial charge in [-0.3, -0.25) is 4.79 Å². The topological polar surface area (TPSA) is 205 Å². The molecule has 0 bridgehead atoms. The number of methoxy groups -OCH3 is 1. The predicted octanol–water partition coefficient (Wildman–Crippen LogP) is 8.04. The van der Waals surface area contributed by atoms with Crippen molar-refractivity contribution in [1.29, 1.82) is 0 Å². The maximum atomic E-state index is 14.8. The van der Waals surface area contributed by atoms with Gasteiger partial charge in [-0.2, -0.15) is 0 Å². The molecule has 18 nitrogen and oxygen atoms in total. The Hall–Kier alpha value is -3.99. The Morgan fingerprint density at radius 3 is 2.32 bits per heavy atom. The van der Waals surface area contributed by atoms with Gasteiger partial charge >= 0.3 is 5.97 Å². The van der Waals surface area contributed by atoms with E-state index in [1.54, 1.807) is 14.0 Å². The van der Waals surface area contributed by atoms with Crippen molar-refractivity contribution >= 4 is 17.5 Å². The van der Waals surface area contributed by atoms with E-state index in [4.69, 9.17) is 33.2 Å². The van der Waals surface area contributed by atoms with Crippen molar-refractivity contribution in [1.82, 2.24) is 34.4 Å². The zero-order chi connectivity index (χ0) is 57.4. The molecule has 2 aromatic heterocycles. The van der Waals surface area contributed by atoms with Crippen molar-refractivity contribution in [3.63, 3.8) is 0 Å². The number of hydrogen-bond acceptors (Lipinski definition) is 18. The van der Waals surface area contributed by atoms with Crippen LogP contribution in [0.15, 0.2) is 66.2 Å². The van der Waals surface area contributed by atoms with E-state index in [1.165, 1.54) is 11.5 Å². The zero-order valence-corrected chi connectivity index (χ0v) is 50.3. The van der Waals surface area contributed by atoms with Crippen LogP contribution in [-0.2, 0) is 46.2 Å². The Morgan fingerprint density at radius 2 is 1.65 bits per heavy atom. The van der Waals surface area contributed by atoms with Crippen molar-refractivity contribution in [3.05, 3.63) is 77.4 Å². The maximum absolute atomic E-state index is 14.8. The fraction of sp³-hybridized carbons (Fsp3) is 0.717. The molecule has 7 rings (SSSR count). The molecule has 19 heteroatoms. The van der Waals surface area contributed by atoms with Crippen molar-refractivity contribution in [2.75, 3.05) is 47.5 Å². The van der Waals surface area contributed by atoms with Crippen LogP contribution in [0.4, 0.5) is 0 Å². The number of aliphatic hydroxyl groups excluding tert-OH is 2. The Morgan fingerprint density at radius 1 is 0.924 bits per heavy atom. The number of cyclic esters (lactones) is 1. The molecule has 3 aliphatic rings. The molecule has 2 aromatic carbocycles. The number of esters is 1. The van der Waals surface area contributed by atoms with E-state index in [0.29, 0.717) is 52.2 Å².